The van der Waals surface area contributed by atoms with Crippen molar-refractivity contribution < 1.29 is 28.9 Å². The number of ether oxygens (including phenoxy) is 3. The van der Waals surface area contributed by atoms with Crippen molar-refractivity contribution in [3.8, 4) is 0 Å². The Bertz CT molecular complexity index is 367. The number of carbonyl (C=O) groups is 2. The molecule has 5 atom stereocenters. The SMILES string of the molecule is CCC1OC(C(C)C)C(CO)C(OC(C)=O)C1OC(C)=O. The molecular formula is C15H26O6. The molecule has 0 aliphatic carbocycles. The first kappa shape index (κ1) is 17.9. The molecule has 21 heavy (non-hydrogen) atoms. The van der Waals surface area contributed by atoms with Crippen LogP contribution in [-0.2, 0) is 23.8 Å². The number of hydrogen-bond donors (Lipinski definition) is 1. The molecule has 1 aliphatic rings. The maximum absolute atomic E-state index is 11.4. The summed E-state index contributed by atoms with van der Waals surface area (Å²) in [5, 5.41) is 9.69. The van der Waals surface area contributed by atoms with E-state index in [1.807, 2.05) is 20.8 Å². The molecule has 0 bridgehead atoms. The zero-order valence-corrected chi connectivity index (χ0v) is 13.4. The normalized spacial score (nSPS) is 32.8. The van der Waals surface area contributed by atoms with Crippen molar-refractivity contribution in [3.63, 3.8) is 0 Å². The predicted octanol–water partition coefficient (Wildman–Crippen LogP) is 1.29. The molecule has 1 rings (SSSR count). The summed E-state index contributed by atoms with van der Waals surface area (Å²) in [6, 6.07) is 0. The van der Waals surface area contributed by atoms with Gasteiger partial charge in [0.1, 0.15) is 6.10 Å². The van der Waals surface area contributed by atoms with E-state index in [0.717, 1.165) is 0 Å². The minimum atomic E-state index is -0.692. The summed E-state index contributed by atoms with van der Waals surface area (Å²) in [6.07, 6.45) is -1.37. The van der Waals surface area contributed by atoms with Gasteiger partial charge < -0.3 is 19.3 Å². The monoisotopic (exact) mass is 302 g/mol. The van der Waals surface area contributed by atoms with Gasteiger partial charge in [-0.15, -0.1) is 0 Å². The molecule has 6 heteroatoms. The molecule has 1 fully saturated rings. The molecule has 0 spiro atoms. The van der Waals surface area contributed by atoms with Gasteiger partial charge in [-0.25, -0.2) is 0 Å². The average molecular weight is 302 g/mol. The van der Waals surface area contributed by atoms with Crippen LogP contribution in [-0.4, -0.2) is 48.1 Å². The van der Waals surface area contributed by atoms with Crippen LogP contribution in [0, 0.1) is 11.8 Å². The third-order valence-corrected chi connectivity index (χ3v) is 3.74. The molecule has 0 aromatic rings. The molecule has 1 heterocycles. The van der Waals surface area contributed by atoms with Crippen LogP contribution in [0.2, 0.25) is 0 Å². The van der Waals surface area contributed by atoms with Crippen molar-refractivity contribution in [2.24, 2.45) is 11.8 Å². The number of aliphatic hydroxyl groups excluding tert-OH is 1. The van der Waals surface area contributed by atoms with Crippen molar-refractivity contribution in [1.82, 2.24) is 0 Å². The quantitative estimate of drug-likeness (QED) is 0.771. The fourth-order valence-corrected chi connectivity index (χ4v) is 2.89. The fraction of sp³-hybridized carbons (Fsp3) is 0.867. The highest BCUT2D eigenvalue weighted by Gasteiger charge is 2.49. The van der Waals surface area contributed by atoms with Gasteiger partial charge in [-0.3, -0.25) is 9.59 Å². The molecular weight excluding hydrogens is 276 g/mol. The van der Waals surface area contributed by atoms with Gasteiger partial charge in [-0.2, -0.15) is 0 Å². The molecule has 1 aliphatic heterocycles. The van der Waals surface area contributed by atoms with Gasteiger partial charge in [-0.05, 0) is 12.3 Å². The van der Waals surface area contributed by atoms with Crippen LogP contribution in [0.1, 0.15) is 41.0 Å². The number of esters is 2. The molecule has 0 saturated carbocycles. The second-order valence-corrected chi connectivity index (χ2v) is 5.79. The molecule has 0 aromatic heterocycles. The van der Waals surface area contributed by atoms with Gasteiger partial charge >= 0.3 is 11.9 Å². The molecule has 0 radical (unpaired) electrons. The predicted molar refractivity (Wildman–Crippen MR) is 75.5 cm³/mol. The highest BCUT2D eigenvalue weighted by Crippen LogP contribution is 2.35. The highest BCUT2D eigenvalue weighted by molar-refractivity contribution is 5.67. The van der Waals surface area contributed by atoms with E-state index in [-0.39, 0.29) is 24.7 Å². The summed E-state index contributed by atoms with van der Waals surface area (Å²) in [7, 11) is 0. The highest BCUT2D eigenvalue weighted by atomic mass is 16.6. The number of rotatable bonds is 5. The second-order valence-electron chi connectivity index (χ2n) is 5.79. The van der Waals surface area contributed by atoms with Crippen molar-refractivity contribution in [2.75, 3.05) is 6.61 Å². The fourth-order valence-electron chi connectivity index (χ4n) is 2.89. The summed E-state index contributed by atoms with van der Waals surface area (Å²) in [5.41, 5.74) is 0. The van der Waals surface area contributed by atoms with Crippen molar-refractivity contribution in [3.05, 3.63) is 0 Å². The lowest BCUT2D eigenvalue weighted by Gasteiger charge is -2.46. The maximum atomic E-state index is 11.4. The Morgan fingerprint density at radius 2 is 1.67 bits per heavy atom. The van der Waals surface area contributed by atoms with E-state index in [1.165, 1.54) is 13.8 Å². The van der Waals surface area contributed by atoms with Crippen LogP contribution in [0.25, 0.3) is 0 Å². The number of carbonyl (C=O) groups excluding carboxylic acids is 2. The summed E-state index contributed by atoms with van der Waals surface area (Å²) < 4.78 is 16.7. The van der Waals surface area contributed by atoms with Gasteiger partial charge in [0.2, 0.25) is 0 Å². The number of aliphatic hydroxyl groups is 1. The van der Waals surface area contributed by atoms with Crippen molar-refractivity contribution in [2.45, 2.75) is 65.5 Å². The van der Waals surface area contributed by atoms with Crippen molar-refractivity contribution in [1.29, 1.82) is 0 Å². The minimum absolute atomic E-state index is 0.146. The van der Waals surface area contributed by atoms with E-state index in [0.29, 0.717) is 6.42 Å². The first-order chi connectivity index (χ1) is 9.81. The Balaban J connectivity index is 3.11. The molecule has 122 valence electrons. The van der Waals surface area contributed by atoms with E-state index >= 15 is 0 Å². The zero-order chi connectivity index (χ0) is 16.2. The molecule has 6 nitrogen and oxygen atoms in total. The van der Waals surface area contributed by atoms with Crippen LogP contribution in [0.5, 0.6) is 0 Å². The first-order valence-corrected chi connectivity index (χ1v) is 7.42. The standard InChI is InChI=1S/C15H26O6/c1-6-12-15(20-10(5)18)14(19-9(4)17)11(7-16)13(21-12)8(2)3/h8,11-16H,6-7H2,1-5H3. The van der Waals surface area contributed by atoms with Gasteiger partial charge in [-0.1, -0.05) is 20.8 Å². The lowest BCUT2D eigenvalue weighted by molar-refractivity contribution is -0.237. The summed E-state index contributed by atoms with van der Waals surface area (Å²) in [6.45, 7) is 8.30. The summed E-state index contributed by atoms with van der Waals surface area (Å²) in [5.74, 6) is -1.19. The third kappa shape index (κ3) is 4.41. The van der Waals surface area contributed by atoms with Crippen LogP contribution in [0.4, 0.5) is 0 Å². The van der Waals surface area contributed by atoms with Gasteiger partial charge in [0, 0.05) is 19.8 Å². The van der Waals surface area contributed by atoms with E-state index in [1.54, 1.807) is 0 Å². The Morgan fingerprint density at radius 3 is 2.05 bits per heavy atom. The molecule has 5 unspecified atom stereocenters. The Hall–Kier alpha value is -1.14. The van der Waals surface area contributed by atoms with Gasteiger partial charge in [0.05, 0.1) is 18.8 Å². The van der Waals surface area contributed by atoms with Crippen molar-refractivity contribution >= 4 is 11.9 Å². The van der Waals surface area contributed by atoms with Crippen LogP contribution < -0.4 is 0 Å². The Labute approximate surface area is 125 Å². The third-order valence-electron chi connectivity index (χ3n) is 3.74. The zero-order valence-electron chi connectivity index (χ0n) is 13.4. The van der Waals surface area contributed by atoms with Crippen LogP contribution >= 0.6 is 0 Å². The lowest BCUT2D eigenvalue weighted by atomic mass is 9.81. The van der Waals surface area contributed by atoms with E-state index < -0.39 is 30.1 Å². The van der Waals surface area contributed by atoms with E-state index in [9.17, 15) is 14.7 Å². The molecule has 1 N–H and O–H groups in total. The average Bonchev–Trinajstić information content (AvgIpc) is 2.38. The Kier molecular flexibility index (Phi) is 6.61. The topological polar surface area (TPSA) is 82.1 Å². The summed E-state index contributed by atoms with van der Waals surface area (Å²) in [4.78, 5) is 22.7. The molecule has 0 aromatic carbocycles. The Morgan fingerprint density at radius 1 is 1.14 bits per heavy atom. The van der Waals surface area contributed by atoms with Gasteiger partial charge in [0.25, 0.3) is 0 Å². The molecule has 1 saturated heterocycles. The lowest BCUT2D eigenvalue weighted by Crippen LogP contribution is -2.59. The van der Waals surface area contributed by atoms with Gasteiger partial charge in [0.15, 0.2) is 6.10 Å². The van der Waals surface area contributed by atoms with Crippen LogP contribution in [0.15, 0.2) is 0 Å². The van der Waals surface area contributed by atoms with E-state index in [2.05, 4.69) is 0 Å². The minimum Gasteiger partial charge on any atom is -0.458 e. The maximum Gasteiger partial charge on any atom is 0.303 e. The second kappa shape index (κ2) is 7.75. The summed E-state index contributed by atoms with van der Waals surface area (Å²) >= 11 is 0. The smallest absolute Gasteiger partial charge is 0.303 e. The van der Waals surface area contributed by atoms with E-state index in [4.69, 9.17) is 14.2 Å². The number of hydrogen-bond acceptors (Lipinski definition) is 6. The largest absolute Gasteiger partial charge is 0.458 e. The first-order valence-electron chi connectivity index (χ1n) is 7.42. The molecule has 0 amide bonds. The van der Waals surface area contributed by atoms with Crippen LogP contribution in [0.3, 0.4) is 0 Å².